The number of nitrogens with zero attached hydrogens (tertiary/aromatic N) is 1. The number of benzene rings is 1. The second kappa shape index (κ2) is 5.46. The van der Waals surface area contributed by atoms with Crippen molar-refractivity contribution in [1.29, 1.82) is 0 Å². The Balaban J connectivity index is 2.40. The molecule has 0 spiro atoms. The first-order valence-electron chi connectivity index (χ1n) is 6.51. The summed E-state index contributed by atoms with van der Waals surface area (Å²) in [5, 5.41) is 3.71. The Bertz CT molecular complexity index is 636. The van der Waals surface area contributed by atoms with E-state index >= 15 is 0 Å². The number of carbonyl (C=O) groups is 1. The second-order valence-corrected chi connectivity index (χ2v) is 4.84. The van der Waals surface area contributed by atoms with Crippen molar-refractivity contribution in [3.8, 4) is 0 Å². The molecule has 0 bridgehead atoms. The molecule has 1 amide bonds. The molecule has 3 N–H and O–H groups in total. The summed E-state index contributed by atoms with van der Waals surface area (Å²) < 4.78 is 5.30. The molecular weight excluding hydrogens is 254 g/mol. The molecule has 0 aliphatic heterocycles. The third-order valence-corrected chi connectivity index (χ3v) is 3.65. The molecule has 1 heterocycles. The van der Waals surface area contributed by atoms with Crippen molar-refractivity contribution in [2.45, 2.75) is 25.9 Å². The van der Waals surface area contributed by atoms with E-state index < -0.39 is 5.60 Å². The van der Waals surface area contributed by atoms with Gasteiger partial charge in [-0.15, -0.1) is 0 Å². The number of nitrogens with one attached hydrogen (secondary N) is 1. The third kappa shape index (κ3) is 2.44. The highest BCUT2D eigenvalue weighted by Gasteiger charge is 2.31. The average molecular weight is 273 g/mol. The van der Waals surface area contributed by atoms with Gasteiger partial charge < -0.3 is 15.8 Å². The van der Waals surface area contributed by atoms with Crippen LogP contribution in [0, 0.1) is 0 Å². The van der Waals surface area contributed by atoms with Gasteiger partial charge in [0.2, 0.25) is 0 Å². The van der Waals surface area contributed by atoms with E-state index in [1.165, 1.54) is 7.11 Å². The molecule has 0 aliphatic carbocycles. The van der Waals surface area contributed by atoms with Gasteiger partial charge in [0.05, 0.1) is 16.9 Å². The van der Waals surface area contributed by atoms with Crippen LogP contribution in [0.3, 0.4) is 0 Å². The minimum absolute atomic E-state index is 0.183. The van der Waals surface area contributed by atoms with E-state index in [2.05, 4.69) is 10.3 Å². The van der Waals surface area contributed by atoms with Crippen molar-refractivity contribution in [2.75, 3.05) is 18.2 Å². The molecule has 2 rings (SSSR count). The number of anilines is 2. The van der Waals surface area contributed by atoms with Crippen LogP contribution in [0.1, 0.15) is 20.3 Å². The van der Waals surface area contributed by atoms with Gasteiger partial charge in [-0.25, -0.2) is 0 Å². The second-order valence-electron chi connectivity index (χ2n) is 4.84. The van der Waals surface area contributed by atoms with Crippen molar-refractivity contribution in [3.05, 3.63) is 30.5 Å². The molecule has 1 aromatic carbocycles. The zero-order valence-corrected chi connectivity index (χ0v) is 11.9. The lowest BCUT2D eigenvalue weighted by atomic mass is 10.0. The molecule has 2 aromatic rings. The van der Waals surface area contributed by atoms with Crippen molar-refractivity contribution >= 4 is 28.2 Å². The first kappa shape index (κ1) is 14.3. The molecular formula is C15H19N3O2. The fourth-order valence-electron chi connectivity index (χ4n) is 1.96. The number of methoxy groups -OCH3 is 1. The van der Waals surface area contributed by atoms with Crippen molar-refractivity contribution in [2.24, 2.45) is 0 Å². The largest absolute Gasteiger partial charge is 0.397 e. The number of hydrogen-bond acceptors (Lipinski definition) is 4. The van der Waals surface area contributed by atoms with E-state index in [1.807, 2.05) is 19.1 Å². The van der Waals surface area contributed by atoms with Crippen molar-refractivity contribution in [3.63, 3.8) is 0 Å². The summed E-state index contributed by atoms with van der Waals surface area (Å²) in [4.78, 5) is 16.6. The van der Waals surface area contributed by atoms with E-state index in [4.69, 9.17) is 10.5 Å². The summed E-state index contributed by atoms with van der Waals surface area (Å²) in [6.07, 6.45) is 2.26. The summed E-state index contributed by atoms with van der Waals surface area (Å²) in [6.45, 7) is 3.67. The summed E-state index contributed by atoms with van der Waals surface area (Å²) in [7, 11) is 1.53. The van der Waals surface area contributed by atoms with Crippen LogP contribution in [0.25, 0.3) is 10.9 Å². The van der Waals surface area contributed by atoms with Crippen LogP contribution in [0.2, 0.25) is 0 Å². The Labute approximate surface area is 118 Å². The van der Waals surface area contributed by atoms with E-state index in [9.17, 15) is 4.79 Å². The molecule has 0 fully saturated rings. The Morgan fingerprint density at radius 1 is 1.45 bits per heavy atom. The predicted molar refractivity (Wildman–Crippen MR) is 80.5 cm³/mol. The van der Waals surface area contributed by atoms with Gasteiger partial charge >= 0.3 is 0 Å². The van der Waals surface area contributed by atoms with Gasteiger partial charge in [0, 0.05) is 18.7 Å². The van der Waals surface area contributed by atoms with Gasteiger partial charge in [0.25, 0.3) is 5.91 Å². The van der Waals surface area contributed by atoms with Gasteiger partial charge in [0.15, 0.2) is 0 Å². The highest BCUT2D eigenvalue weighted by Crippen LogP contribution is 2.27. The molecule has 1 atom stereocenters. The molecule has 1 unspecified atom stereocenters. The number of rotatable bonds is 4. The van der Waals surface area contributed by atoms with Crippen LogP contribution >= 0.6 is 0 Å². The summed E-state index contributed by atoms with van der Waals surface area (Å²) >= 11 is 0. The number of aromatic nitrogens is 1. The number of fused-ring (bicyclic) bond motifs is 1. The van der Waals surface area contributed by atoms with E-state index in [-0.39, 0.29) is 5.91 Å². The maximum absolute atomic E-state index is 12.3. The lowest BCUT2D eigenvalue weighted by Gasteiger charge is -2.25. The fourth-order valence-corrected chi connectivity index (χ4v) is 1.96. The van der Waals surface area contributed by atoms with E-state index in [0.29, 0.717) is 23.3 Å². The molecule has 5 nitrogen and oxygen atoms in total. The third-order valence-electron chi connectivity index (χ3n) is 3.65. The maximum Gasteiger partial charge on any atom is 0.256 e. The standard InChI is InChI=1S/C15H19N3O2/c1-4-15(2,20-3)14(19)18-12-8-7-11(16)13-10(12)6-5-9-17-13/h5-9H,4,16H2,1-3H3,(H,18,19). The number of amides is 1. The lowest BCUT2D eigenvalue weighted by Crippen LogP contribution is -2.41. The quantitative estimate of drug-likeness (QED) is 0.839. The highest BCUT2D eigenvalue weighted by molar-refractivity contribution is 6.06. The van der Waals surface area contributed by atoms with E-state index in [1.54, 1.807) is 25.3 Å². The van der Waals surface area contributed by atoms with Crippen LogP contribution in [0.5, 0.6) is 0 Å². The lowest BCUT2D eigenvalue weighted by molar-refractivity contribution is -0.136. The molecule has 20 heavy (non-hydrogen) atoms. The zero-order valence-electron chi connectivity index (χ0n) is 11.9. The van der Waals surface area contributed by atoms with E-state index in [0.717, 1.165) is 5.39 Å². The van der Waals surface area contributed by atoms with Gasteiger partial charge in [-0.3, -0.25) is 9.78 Å². The highest BCUT2D eigenvalue weighted by atomic mass is 16.5. The molecule has 0 saturated carbocycles. The molecule has 0 radical (unpaired) electrons. The van der Waals surface area contributed by atoms with Crippen LogP contribution in [0.4, 0.5) is 11.4 Å². The van der Waals surface area contributed by atoms with Crippen LogP contribution in [-0.2, 0) is 9.53 Å². The predicted octanol–water partition coefficient (Wildman–Crippen LogP) is 2.57. The molecule has 106 valence electrons. The van der Waals surface area contributed by atoms with Crippen LogP contribution < -0.4 is 11.1 Å². The van der Waals surface area contributed by atoms with Crippen LogP contribution in [0.15, 0.2) is 30.5 Å². The van der Waals surface area contributed by atoms with Gasteiger partial charge in [-0.1, -0.05) is 6.92 Å². The molecule has 5 heteroatoms. The van der Waals surface area contributed by atoms with Crippen molar-refractivity contribution < 1.29 is 9.53 Å². The van der Waals surface area contributed by atoms with Gasteiger partial charge in [-0.2, -0.15) is 0 Å². The van der Waals surface area contributed by atoms with Gasteiger partial charge in [0.1, 0.15) is 5.60 Å². The first-order chi connectivity index (χ1) is 9.51. The summed E-state index contributed by atoms with van der Waals surface area (Å²) in [5.74, 6) is -0.183. The molecule has 1 aromatic heterocycles. The maximum atomic E-state index is 12.3. The number of ether oxygens (including phenoxy) is 1. The van der Waals surface area contributed by atoms with Crippen molar-refractivity contribution in [1.82, 2.24) is 4.98 Å². The topological polar surface area (TPSA) is 77.2 Å². The van der Waals surface area contributed by atoms with Crippen LogP contribution in [-0.4, -0.2) is 23.6 Å². The minimum atomic E-state index is -0.851. The monoisotopic (exact) mass is 273 g/mol. The Morgan fingerprint density at radius 2 is 2.20 bits per heavy atom. The SMILES string of the molecule is CCC(C)(OC)C(=O)Nc1ccc(N)c2ncccc12. The number of nitrogens with two attached hydrogens (primary N) is 1. The fraction of sp³-hybridized carbons (Fsp3) is 0.333. The Hall–Kier alpha value is -2.14. The number of nitrogen functional groups attached to an aromatic ring is 1. The number of carbonyl (C=O) groups excluding carboxylic acids is 1. The smallest absolute Gasteiger partial charge is 0.256 e. The summed E-state index contributed by atoms with van der Waals surface area (Å²) in [6, 6.07) is 7.21. The average Bonchev–Trinajstić information content (AvgIpc) is 2.49. The Kier molecular flexibility index (Phi) is 3.90. The minimum Gasteiger partial charge on any atom is -0.397 e. The normalized spacial score (nSPS) is 13.9. The Morgan fingerprint density at radius 3 is 2.85 bits per heavy atom. The molecule has 0 saturated heterocycles. The molecule has 0 aliphatic rings. The first-order valence-corrected chi connectivity index (χ1v) is 6.51. The summed E-state index contributed by atoms with van der Waals surface area (Å²) in [5.41, 5.74) is 7.00. The zero-order chi connectivity index (χ0) is 14.8. The number of hydrogen-bond donors (Lipinski definition) is 2. The number of pyridine rings is 1. The van der Waals surface area contributed by atoms with Gasteiger partial charge in [-0.05, 0) is 37.6 Å².